The summed E-state index contributed by atoms with van der Waals surface area (Å²) >= 11 is 5.87. The van der Waals surface area contributed by atoms with Gasteiger partial charge in [0.1, 0.15) is 11.6 Å². The van der Waals surface area contributed by atoms with Gasteiger partial charge in [-0.15, -0.1) is 0 Å². The average Bonchev–Trinajstić information content (AvgIpc) is 3.46. The summed E-state index contributed by atoms with van der Waals surface area (Å²) in [7, 11) is 1.71. The van der Waals surface area contributed by atoms with Crippen LogP contribution in [0.3, 0.4) is 0 Å². The predicted octanol–water partition coefficient (Wildman–Crippen LogP) is 4.80. The van der Waals surface area contributed by atoms with E-state index in [4.69, 9.17) is 22.1 Å². The molecule has 0 spiro atoms. The third-order valence-corrected chi connectivity index (χ3v) is 6.70. The molecule has 1 unspecified atom stereocenters. The zero-order valence-electron chi connectivity index (χ0n) is 17.4. The maximum atomic E-state index is 5.87. The molecular formula is C24H28N4OS. The Kier molecular flexibility index (Phi) is 5.44. The first kappa shape index (κ1) is 19.5. The van der Waals surface area contributed by atoms with Crippen molar-refractivity contribution in [2.24, 2.45) is 0 Å². The van der Waals surface area contributed by atoms with Crippen molar-refractivity contribution in [1.29, 1.82) is 0 Å². The van der Waals surface area contributed by atoms with Gasteiger partial charge in [0, 0.05) is 19.0 Å². The Morgan fingerprint density at radius 1 is 1.00 bits per heavy atom. The van der Waals surface area contributed by atoms with Gasteiger partial charge in [-0.2, -0.15) is 5.10 Å². The SMILES string of the molecule is COc1ccc(C2CCN(Cn3nc(C4CC4)n(Cc4ccccc4)c3=S)C2)cc1. The molecular weight excluding hydrogens is 392 g/mol. The van der Waals surface area contributed by atoms with Gasteiger partial charge in [-0.3, -0.25) is 9.47 Å². The van der Waals surface area contributed by atoms with E-state index >= 15 is 0 Å². The number of hydrogen-bond acceptors (Lipinski definition) is 4. The van der Waals surface area contributed by atoms with Crippen LogP contribution < -0.4 is 4.74 Å². The van der Waals surface area contributed by atoms with Gasteiger partial charge in [-0.1, -0.05) is 42.5 Å². The Labute approximate surface area is 182 Å². The number of hydrogen-bond donors (Lipinski definition) is 0. The van der Waals surface area contributed by atoms with Gasteiger partial charge in [0.05, 0.1) is 20.3 Å². The lowest BCUT2D eigenvalue weighted by atomic mass is 9.98. The molecule has 0 bridgehead atoms. The third-order valence-electron chi connectivity index (χ3n) is 6.27. The summed E-state index contributed by atoms with van der Waals surface area (Å²) in [4.78, 5) is 2.47. The normalized spacial score (nSPS) is 19.3. The zero-order valence-corrected chi connectivity index (χ0v) is 18.2. The molecule has 2 aliphatic rings. The van der Waals surface area contributed by atoms with Crippen molar-refractivity contribution >= 4 is 12.2 Å². The molecule has 1 saturated heterocycles. The molecule has 1 aromatic heterocycles. The minimum Gasteiger partial charge on any atom is -0.497 e. The fourth-order valence-electron chi connectivity index (χ4n) is 4.41. The van der Waals surface area contributed by atoms with Crippen LogP contribution in [0.15, 0.2) is 54.6 Å². The Morgan fingerprint density at radius 3 is 2.47 bits per heavy atom. The molecule has 0 amide bonds. The summed E-state index contributed by atoms with van der Waals surface area (Å²) in [6.07, 6.45) is 3.62. The third kappa shape index (κ3) is 4.07. The van der Waals surface area contributed by atoms with Crippen molar-refractivity contribution in [3.05, 3.63) is 76.3 Å². The Balaban J connectivity index is 1.31. The molecule has 5 rings (SSSR count). The second-order valence-electron chi connectivity index (χ2n) is 8.46. The Morgan fingerprint density at radius 2 is 1.77 bits per heavy atom. The molecule has 1 aliphatic heterocycles. The maximum absolute atomic E-state index is 5.87. The molecule has 2 aromatic carbocycles. The van der Waals surface area contributed by atoms with Gasteiger partial charge in [0.2, 0.25) is 0 Å². The monoisotopic (exact) mass is 420 g/mol. The minimum atomic E-state index is 0.555. The van der Waals surface area contributed by atoms with Crippen molar-refractivity contribution in [3.63, 3.8) is 0 Å². The smallest absolute Gasteiger partial charge is 0.199 e. The molecule has 156 valence electrons. The summed E-state index contributed by atoms with van der Waals surface area (Å²) in [5.74, 6) is 3.20. The van der Waals surface area contributed by atoms with E-state index in [2.05, 4.69) is 64.1 Å². The lowest BCUT2D eigenvalue weighted by molar-refractivity contribution is 0.249. The van der Waals surface area contributed by atoms with Gasteiger partial charge >= 0.3 is 0 Å². The first-order valence-corrected chi connectivity index (χ1v) is 11.2. The average molecular weight is 421 g/mol. The van der Waals surface area contributed by atoms with E-state index in [9.17, 15) is 0 Å². The number of nitrogens with zero attached hydrogens (tertiary/aromatic N) is 4. The van der Waals surface area contributed by atoms with Gasteiger partial charge in [-0.25, -0.2) is 4.68 Å². The molecule has 6 heteroatoms. The largest absolute Gasteiger partial charge is 0.497 e. The number of benzene rings is 2. The fourth-order valence-corrected chi connectivity index (χ4v) is 4.66. The maximum Gasteiger partial charge on any atom is 0.199 e. The molecule has 1 aliphatic carbocycles. The first-order chi connectivity index (χ1) is 14.7. The number of likely N-dealkylation sites (tertiary alicyclic amines) is 1. The zero-order chi connectivity index (χ0) is 20.5. The van der Waals surface area contributed by atoms with Crippen LogP contribution in [0.1, 0.15) is 48.0 Å². The highest BCUT2D eigenvalue weighted by atomic mass is 32.1. The second kappa shape index (κ2) is 8.36. The fraction of sp³-hybridized carbons (Fsp3) is 0.417. The number of aromatic nitrogens is 3. The number of ether oxygens (including phenoxy) is 1. The molecule has 2 fully saturated rings. The van der Waals surface area contributed by atoms with E-state index in [0.29, 0.717) is 11.8 Å². The van der Waals surface area contributed by atoms with Gasteiger partial charge < -0.3 is 4.74 Å². The molecule has 5 nitrogen and oxygen atoms in total. The van der Waals surface area contributed by atoms with Gasteiger partial charge in [0.15, 0.2) is 4.77 Å². The quantitative estimate of drug-likeness (QED) is 0.515. The molecule has 30 heavy (non-hydrogen) atoms. The van der Waals surface area contributed by atoms with E-state index in [1.54, 1.807) is 7.11 Å². The van der Waals surface area contributed by atoms with E-state index in [1.165, 1.54) is 30.4 Å². The van der Waals surface area contributed by atoms with Crippen LogP contribution in [-0.2, 0) is 13.2 Å². The van der Waals surface area contributed by atoms with Gasteiger partial charge in [0.25, 0.3) is 0 Å². The lowest BCUT2D eigenvalue weighted by Gasteiger charge is -2.16. The van der Waals surface area contributed by atoms with E-state index in [1.807, 2.05) is 4.68 Å². The highest BCUT2D eigenvalue weighted by Gasteiger charge is 2.31. The molecule has 2 heterocycles. The highest BCUT2D eigenvalue weighted by molar-refractivity contribution is 7.71. The lowest BCUT2D eigenvalue weighted by Crippen LogP contribution is -2.24. The molecule has 0 N–H and O–H groups in total. The van der Waals surface area contributed by atoms with Crippen LogP contribution in [0.5, 0.6) is 5.75 Å². The van der Waals surface area contributed by atoms with E-state index < -0.39 is 0 Å². The van der Waals surface area contributed by atoms with Crippen molar-refractivity contribution in [2.45, 2.75) is 44.3 Å². The molecule has 1 saturated carbocycles. The van der Waals surface area contributed by atoms with E-state index in [0.717, 1.165) is 42.6 Å². The summed E-state index contributed by atoms with van der Waals surface area (Å²) in [5.41, 5.74) is 2.66. The Bertz CT molecular complexity index is 1050. The van der Waals surface area contributed by atoms with Gasteiger partial charge in [-0.05, 0) is 60.7 Å². The van der Waals surface area contributed by atoms with Crippen LogP contribution in [0.2, 0.25) is 0 Å². The number of rotatable bonds is 7. The van der Waals surface area contributed by atoms with Crippen LogP contribution in [0.4, 0.5) is 0 Å². The first-order valence-electron chi connectivity index (χ1n) is 10.8. The van der Waals surface area contributed by atoms with Crippen molar-refractivity contribution in [1.82, 2.24) is 19.2 Å². The second-order valence-corrected chi connectivity index (χ2v) is 8.83. The van der Waals surface area contributed by atoms with Crippen molar-refractivity contribution in [2.75, 3.05) is 20.2 Å². The standard InChI is InChI=1S/C24H28N4OS/c1-29-22-11-9-19(10-12-22)21-13-14-26(16-21)17-28-24(30)27(23(25-28)20-7-8-20)15-18-5-3-2-4-6-18/h2-6,9-12,20-21H,7-8,13-17H2,1H3. The van der Waals surface area contributed by atoms with E-state index in [-0.39, 0.29) is 0 Å². The Hall–Kier alpha value is -2.44. The summed E-state index contributed by atoms with van der Waals surface area (Å²) in [6.45, 7) is 3.69. The topological polar surface area (TPSA) is 35.2 Å². The highest BCUT2D eigenvalue weighted by Crippen LogP contribution is 2.39. The summed E-state index contributed by atoms with van der Waals surface area (Å²) < 4.78 is 10.4. The van der Waals surface area contributed by atoms with Crippen LogP contribution in [0.25, 0.3) is 0 Å². The number of methoxy groups -OCH3 is 1. The minimum absolute atomic E-state index is 0.555. The van der Waals surface area contributed by atoms with Crippen molar-refractivity contribution in [3.8, 4) is 5.75 Å². The van der Waals surface area contributed by atoms with Crippen LogP contribution in [-0.4, -0.2) is 39.4 Å². The summed E-state index contributed by atoms with van der Waals surface area (Å²) in [6, 6.07) is 19.1. The van der Waals surface area contributed by atoms with Crippen molar-refractivity contribution < 1.29 is 4.74 Å². The molecule has 3 aromatic rings. The molecule has 1 atom stereocenters. The van der Waals surface area contributed by atoms with Crippen LogP contribution in [0, 0.1) is 4.77 Å². The predicted molar refractivity (Wildman–Crippen MR) is 120 cm³/mol. The molecule has 0 radical (unpaired) electrons. The summed E-state index contributed by atoms with van der Waals surface area (Å²) in [5, 5.41) is 4.97. The van der Waals surface area contributed by atoms with Crippen LogP contribution >= 0.6 is 12.2 Å².